The van der Waals surface area contributed by atoms with Crippen molar-refractivity contribution in [3.05, 3.63) is 34.3 Å². The van der Waals surface area contributed by atoms with Crippen LogP contribution in [0.4, 0.5) is 0 Å². The summed E-state index contributed by atoms with van der Waals surface area (Å²) < 4.78 is 1.21. The number of nitrogens with one attached hydrogen (secondary N) is 1. The minimum Gasteiger partial charge on any atom is -0.310 e. The van der Waals surface area contributed by atoms with Crippen molar-refractivity contribution in [3.8, 4) is 0 Å². The number of hydrogen-bond acceptors (Lipinski definition) is 2. The number of hydrogen-bond donors (Lipinski definition) is 1. The standard InChI is InChI=1S/C17H23BrN2/c18-14-4-1-3-12(9-14)13-10-15(11-13)19-16-6-8-20-7-2-5-17(16)20/h1,3-4,9,13,15-17,19H,2,5-8,10-11H2. The SMILES string of the molecule is Brc1cccc(C2CC(NC3CCN4CCCC34)C2)c1. The zero-order valence-corrected chi connectivity index (χ0v) is 13.5. The van der Waals surface area contributed by atoms with Gasteiger partial charge in [0.1, 0.15) is 0 Å². The van der Waals surface area contributed by atoms with Crippen LogP contribution in [0.1, 0.15) is 43.6 Å². The van der Waals surface area contributed by atoms with Gasteiger partial charge in [0, 0.05) is 29.1 Å². The summed E-state index contributed by atoms with van der Waals surface area (Å²) in [6.45, 7) is 2.66. The molecule has 0 radical (unpaired) electrons. The predicted molar refractivity (Wildman–Crippen MR) is 86.0 cm³/mol. The molecule has 2 aliphatic heterocycles. The Hall–Kier alpha value is -0.380. The molecule has 4 rings (SSSR count). The summed E-state index contributed by atoms with van der Waals surface area (Å²) in [5.74, 6) is 0.770. The van der Waals surface area contributed by atoms with Crippen LogP contribution in [0, 0.1) is 0 Å². The van der Waals surface area contributed by atoms with Crippen LogP contribution in [0.2, 0.25) is 0 Å². The van der Waals surface area contributed by atoms with Crippen molar-refractivity contribution in [1.29, 1.82) is 0 Å². The average molecular weight is 335 g/mol. The number of rotatable bonds is 3. The molecule has 20 heavy (non-hydrogen) atoms. The van der Waals surface area contributed by atoms with Gasteiger partial charge in [0.15, 0.2) is 0 Å². The quantitative estimate of drug-likeness (QED) is 0.909. The molecule has 108 valence electrons. The maximum absolute atomic E-state index is 3.95. The molecule has 0 amide bonds. The maximum Gasteiger partial charge on any atom is 0.0250 e. The fraction of sp³-hybridized carbons (Fsp3) is 0.647. The van der Waals surface area contributed by atoms with Crippen LogP contribution >= 0.6 is 15.9 Å². The van der Waals surface area contributed by atoms with Crippen LogP contribution in [-0.2, 0) is 0 Å². The van der Waals surface area contributed by atoms with Gasteiger partial charge in [0.2, 0.25) is 0 Å². The lowest BCUT2D eigenvalue weighted by Gasteiger charge is -2.39. The highest BCUT2D eigenvalue weighted by Gasteiger charge is 2.40. The van der Waals surface area contributed by atoms with Crippen LogP contribution in [0.5, 0.6) is 0 Å². The first-order chi connectivity index (χ1) is 9.79. The van der Waals surface area contributed by atoms with Gasteiger partial charge < -0.3 is 5.32 Å². The third-order valence-corrected chi connectivity index (χ3v) is 6.01. The Kier molecular flexibility index (Phi) is 3.61. The molecule has 0 bridgehead atoms. The second kappa shape index (κ2) is 5.43. The molecule has 3 heteroatoms. The van der Waals surface area contributed by atoms with Crippen LogP contribution in [0.25, 0.3) is 0 Å². The van der Waals surface area contributed by atoms with E-state index >= 15 is 0 Å². The predicted octanol–water partition coefficient (Wildman–Crippen LogP) is 3.52. The molecule has 3 fully saturated rings. The van der Waals surface area contributed by atoms with E-state index in [2.05, 4.69) is 50.4 Å². The average Bonchev–Trinajstić information content (AvgIpc) is 2.97. The summed E-state index contributed by atoms with van der Waals surface area (Å²) in [6.07, 6.45) is 6.83. The van der Waals surface area contributed by atoms with Crippen LogP contribution in [-0.4, -0.2) is 36.1 Å². The lowest BCUT2D eigenvalue weighted by Crippen LogP contribution is -2.49. The molecular formula is C17H23BrN2. The van der Waals surface area contributed by atoms with E-state index in [1.54, 1.807) is 0 Å². The molecule has 0 spiro atoms. The van der Waals surface area contributed by atoms with E-state index in [-0.39, 0.29) is 0 Å². The smallest absolute Gasteiger partial charge is 0.0250 e. The number of nitrogens with zero attached hydrogens (tertiary/aromatic N) is 1. The summed E-state index contributed by atoms with van der Waals surface area (Å²) in [5.41, 5.74) is 1.51. The van der Waals surface area contributed by atoms with Crippen molar-refractivity contribution < 1.29 is 0 Å². The van der Waals surface area contributed by atoms with Crippen LogP contribution < -0.4 is 5.32 Å². The Morgan fingerprint density at radius 3 is 2.90 bits per heavy atom. The summed E-state index contributed by atoms with van der Waals surface area (Å²) >= 11 is 3.58. The highest BCUT2D eigenvalue weighted by atomic mass is 79.9. The Morgan fingerprint density at radius 2 is 2.05 bits per heavy atom. The van der Waals surface area contributed by atoms with Gasteiger partial charge in [-0.1, -0.05) is 28.1 Å². The first kappa shape index (κ1) is 13.3. The second-order valence-electron chi connectivity index (χ2n) is 6.73. The summed E-state index contributed by atoms with van der Waals surface area (Å²) in [5, 5.41) is 3.95. The summed E-state index contributed by atoms with van der Waals surface area (Å²) in [4.78, 5) is 2.70. The van der Waals surface area contributed by atoms with Crippen molar-refractivity contribution in [3.63, 3.8) is 0 Å². The fourth-order valence-electron chi connectivity index (χ4n) is 4.37. The van der Waals surface area contributed by atoms with E-state index in [9.17, 15) is 0 Å². The van der Waals surface area contributed by atoms with Gasteiger partial charge in [0.25, 0.3) is 0 Å². The highest BCUT2D eigenvalue weighted by Crippen LogP contribution is 2.39. The highest BCUT2D eigenvalue weighted by molar-refractivity contribution is 9.10. The van der Waals surface area contributed by atoms with E-state index in [0.29, 0.717) is 0 Å². The normalized spacial score (nSPS) is 36.9. The fourth-order valence-corrected chi connectivity index (χ4v) is 4.78. The molecular weight excluding hydrogens is 312 g/mol. The number of benzene rings is 1. The maximum atomic E-state index is 3.95. The van der Waals surface area contributed by atoms with E-state index in [0.717, 1.165) is 24.0 Å². The van der Waals surface area contributed by atoms with Crippen molar-refractivity contribution in [2.24, 2.45) is 0 Å². The number of fused-ring (bicyclic) bond motifs is 1. The zero-order chi connectivity index (χ0) is 13.5. The van der Waals surface area contributed by atoms with Crippen LogP contribution in [0.3, 0.4) is 0 Å². The molecule has 2 saturated heterocycles. The second-order valence-corrected chi connectivity index (χ2v) is 7.64. The Bertz CT molecular complexity index is 484. The van der Waals surface area contributed by atoms with Gasteiger partial charge in [-0.15, -0.1) is 0 Å². The number of halogens is 1. The Labute approximate surface area is 130 Å². The first-order valence-corrected chi connectivity index (χ1v) is 8.84. The molecule has 1 aliphatic carbocycles. The van der Waals surface area contributed by atoms with E-state index in [1.807, 2.05) is 0 Å². The molecule has 2 heterocycles. The third kappa shape index (κ3) is 2.44. The van der Waals surface area contributed by atoms with Gasteiger partial charge in [-0.3, -0.25) is 4.90 Å². The van der Waals surface area contributed by atoms with E-state index < -0.39 is 0 Å². The van der Waals surface area contributed by atoms with Crippen molar-refractivity contribution in [2.75, 3.05) is 13.1 Å². The molecule has 1 aromatic rings. The molecule has 0 aromatic heterocycles. The minimum absolute atomic E-state index is 0.754. The van der Waals surface area contributed by atoms with Crippen molar-refractivity contribution in [1.82, 2.24) is 10.2 Å². The Morgan fingerprint density at radius 1 is 1.15 bits per heavy atom. The zero-order valence-electron chi connectivity index (χ0n) is 11.9. The first-order valence-electron chi connectivity index (χ1n) is 8.05. The molecule has 3 aliphatic rings. The van der Waals surface area contributed by atoms with Gasteiger partial charge >= 0.3 is 0 Å². The van der Waals surface area contributed by atoms with Gasteiger partial charge in [-0.2, -0.15) is 0 Å². The topological polar surface area (TPSA) is 15.3 Å². The van der Waals surface area contributed by atoms with E-state index in [1.165, 1.54) is 55.2 Å². The Balaban J connectivity index is 1.31. The lowest BCUT2D eigenvalue weighted by atomic mass is 9.75. The van der Waals surface area contributed by atoms with Crippen LogP contribution in [0.15, 0.2) is 28.7 Å². The van der Waals surface area contributed by atoms with Gasteiger partial charge in [-0.25, -0.2) is 0 Å². The minimum atomic E-state index is 0.754. The summed E-state index contributed by atoms with van der Waals surface area (Å²) in [7, 11) is 0. The van der Waals surface area contributed by atoms with Crippen molar-refractivity contribution >= 4 is 15.9 Å². The molecule has 2 nitrogen and oxygen atoms in total. The molecule has 1 aromatic carbocycles. The van der Waals surface area contributed by atoms with E-state index in [4.69, 9.17) is 0 Å². The monoisotopic (exact) mass is 334 g/mol. The van der Waals surface area contributed by atoms with Gasteiger partial charge in [-0.05, 0) is 62.3 Å². The lowest BCUT2D eigenvalue weighted by molar-refractivity contribution is 0.234. The van der Waals surface area contributed by atoms with Gasteiger partial charge in [0.05, 0.1) is 0 Å². The molecule has 1 N–H and O–H groups in total. The largest absolute Gasteiger partial charge is 0.310 e. The van der Waals surface area contributed by atoms with Crippen molar-refractivity contribution in [2.45, 2.75) is 56.1 Å². The third-order valence-electron chi connectivity index (χ3n) is 5.51. The summed E-state index contributed by atoms with van der Waals surface area (Å²) in [6, 6.07) is 11.2. The molecule has 2 atom stereocenters. The molecule has 1 saturated carbocycles. The molecule has 2 unspecified atom stereocenters.